The van der Waals surface area contributed by atoms with E-state index in [-0.39, 0.29) is 0 Å². The molecule has 2 N–H and O–H groups in total. The first-order chi connectivity index (χ1) is 10.5. The van der Waals surface area contributed by atoms with Gasteiger partial charge in [0.2, 0.25) is 10.0 Å². The maximum Gasteiger partial charge on any atom is 0.208 e. The zero-order valence-electron chi connectivity index (χ0n) is 13.2. The SMILES string of the molecule is CCNC(=NCCCNS(C)(=O)=O)N1CCc2ccccc21. The van der Waals surface area contributed by atoms with Gasteiger partial charge in [0.25, 0.3) is 0 Å². The van der Waals surface area contributed by atoms with Gasteiger partial charge in [0.15, 0.2) is 5.96 Å². The van der Waals surface area contributed by atoms with Crippen LogP contribution in [0.25, 0.3) is 0 Å². The average molecular weight is 324 g/mol. The molecule has 0 atom stereocenters. The summed E-state index contributed by atoms with van der Waals surface area (Å²) in [6.07, 6.45) is 2.87. The molecular formula is C15H24N4O2S. The third-order valence-corrected chi connectivity index (χ3v) is 4.17. The number of fused-ring (bicyclic) bond motifs is 1. The van der Waals surface area contributed by atoms with E-state index in [1.165, 1.54) is 17.5 Å². The fourth-order valence-electron chi connectivity index (χ4n) is 2.47. The van der Waals surface area contributed by atoms with Crippen LogP contribution in [-0.4, -0.2) is 46.8 Å². The highest BCUT2D eigenvalue weighted by molar-refractivity contribution is 7.88. The molecular weight excluding hydrogens is 300 g/mol. The molecule has 1 aliphatic rings. The van der Waals surface area contributed by atoms with Crippen LogP contribution in [0.1, 0.15) is 18.9 Å². The highest BCUT2D eigenvalue weighted by Crippen LogP contribution is 2.27. The number of hydrogen-bond acceptors (Lipinski definition) is 3. The zero-order chi connectivity index (χ0) is 16.0. The van der Waals surface area contributed by atoms with Gasteiger partial charge < -0.3 is 10.2 Å². The number of anilines is 1. The number of sulfonamides is 1. The number of nitrogens with one attached hydrogen (secondary N) is 2. The van der Waals surface area contributed by atoms with Crippen molar-refractivity contribution in [2.24, 2.45) is 4.99 Å². The van der Waals surface area contributed by atoms with Gasteiger partial charge in [0.1, 0.15) is 0 Å². The number of benzene rings is 1. The molecule has 0 fully saturated rings. The highest BCUT2D eigenvalue weighted by atomic mass is 32.2. The third-order valence-electron chi connectivity index (χ3n) is 3.44. The summed E-state index contributed by atoms with van der Waals surface area (Å²) in [5, 5.41) is 3.31. The second-order valence-corrected chi connectivity index (χ2v) is 7.12. The van der Waals surface area contributed by atoms with Gasteiger partial charge in [-0.05, 0) is 31.4 Å². The number of rotatable bonds is 6. The molecule has 122 valence electrons. The van der Waals surface area contributed by atoms with Crippen molar-refractivity contribution in [3.8, 4) is 0 Å². The van der Waals surface area contributed by atoms with E-state index in [1.807, 2.05) is 13.0 Å². The lowest BCUT2D eigenvalue weighted by atomic mass is 10.2. The third kappa shape index (κ3) is 4.71. The monoisotopic (exact) mass is 324 g/mol. The Labute approximate surface area is 132 Å². The number of para-hydroxylation sites is 1. The molecule has 1 aliphatic heterocycles. The Morgan fingerprint density at radius 3 is 2.86 bits per heavy atom. The van der Waals surface area contributed by atoms with Gasteiger partial charge in [0, 0.05) is 31.9 Å². The molecule has 0 aliphatic carbocycles. The van der Waals surface area contributed by atoms with E-state index in [4.69, 9.17) is 0 Å². The average Bonchev–Trinajstić information content (AvgIpc) is 2.88. The first-order valence-electron chi connectivity index (χ1n) is 7.59. The van der Waals surface area contributed by atoms with Crippen molar-refractivity contribution in [3.05, 3.63) is 29.8 Å². The molecule has 0 radical (unpaired) electrons. The Morgan fingerprint density at radius 2 is 2.14 bits per heavy atom. The molecule has 0 unspecified atom stereocenters. The van der Waals surface area contributed by atoms with E-state index < -0.39 is 10.0 Å². The number of guanidine groups is 1. The highest BCUT2D eigenvalue weighted by Gasteiger charge is 2.22. The summed E-state index contributed by atoms with van der Waals surface area (Å²) in [5.41, 5.74) is 2.54. The lowest BCUT2D eigenvalue weighted by Gasteiger charge is -2.22. The Hall–Kier alpha value is -1.60. The number of aliphatic imine (C=N–C) groups is 1. The van der Waals surface area contributed by atoms with Crippen LogP contribution < -0.4 is 14.9 Å². The normalized spacial score (nSPS) is 15.0. The van der Waals surface area contributed by atoms with E-state index in [1.54, 1.807) is 0 Å². The molecule has 0 bridgehead atoms. The second kappa shape index (κ2) is 7.60. The molecule has 22 heavy (non-hydrogen) atoms. The Balaban J connectivity index is 1.97. The molecule has 1 heterocycles. The molecule has 0 amide bonds. The Kier molecular flexibility index (Phi) is 5.79. The van der Waals surface area contributed by atoms with Crippen LogP contribution in [0.15, 0.2) is 29.3 Å². The molecule has 7 heteroatoms. The Bertz CT molecular complexity index is 628. The van der Waals surface area contributed by atoms with Crippen molar-refractivity contribution in [1.82, 2.24) is 10.0 Å². The minimum atomic E-state index is -3.12. The van der Waals surface area contributed by atoms with Crippen molar-refractivity contribution in [1.29, 1.82) is 0 Å². The lowest BCUT2D eigenvalue weighted by molar-refractivity contribution is 0.586. The number of hydrogen-bond donors (Lipinski definition) is 2. The molecule has 2 rings (SSSR count). The van der Waals surface area contributed by atoms with Crippen molar-refractivity contribution in [3.63, 3.8) is 0 Å². The first kappa shape index (κ1) is 16.8. The summed E-state index contributed by atoms with van der Waals surface area (Å²) < 4.78 is 24.5. The van der Waals surface area contributed by atoms with Crippen LogP contribution in [0.5, 0.6) is 0 Å². The summed E-state index contributed by atoms with van der Waals surface area (Å²) in [5.74, 6) is 0.867. The fraction of sp³-hybridized carbons (Fsp3) is 0.533. The molecule has 0 aromatic heterocycles. The molecule has 1 aromatic carbocycles. The minimum Gasteiger partial charge on any atom is -0.356 e. The maximum atomic E-state index is 11.0. The van der Waals surface area contributed by atoms with E-state index in [0.717, 1.165) is 25.5 Å². The summed E-state index contributed by atoms with van der Waals surface area (Å²) in [6, 6.07) is 8.36. The number of nitrogens with zero attached hydrogens (tertiary/aromatic N) is 2. The topological polar surface area (TPSA) is 73.8 Å². The zero-order valence-corrected chi connectivity index (χ0v) is 14.0. The van der Waals surface area contributed by atoms with Crippen LogP contribution in [0.2, 0.25) is 0 Å². The first-order valence-corrected chi connectivity index (χ1v) is 9.49. The van der Waals surface area contributed by atoms with Crippen molar-refractivity contribution in [2.75, 3.05) is 37.3 Å². The van der Waals surface area contributed by atoms with E-state index >= 15 is 0 Å². The summed E-state index contributed by atoms with van der Waals surface area (Å²) in [7, 11) is -3.12. The predicted octanol–water partition coefficient (Wildman–Crippen LogP) is 0.954. The van der Waals surface area contributed by atoms with E-state index in [2.05, 4.69) is 38.1 Å². The van der Waals surface area contributed by atoms with Crippen LogP contribution in [0.4, 0.5) is 5.69 Å². The van der Waals surface area contributed by atoms with Crippen LogP contribution >= 0.6 is 0 Å². The Morgan fingerprint density at radius 1 is 1.36 bits per heavy atom. The quantitative estimate of drug-likeness (QED) is 0.464. The largest absolute Gasteiger partial charge is 0.356 e. The lowest BCUT2D eigenvalue weighted by Crippen LogP contribution is -2.40. The molecule has 6 nitrogen and oxygen atoms in total. The van der Waals surface area contributed by atoms with Gasteiger partial charge in [-0.25, -0.2) is 13.1 Å². The van der Waals surface area contributed by atoms with Gasteiger partial charge in [-0.2, -0.15) is 0 Å². The van der Waals surface area contributed by atoms with E-state index in [0.29, 0.717) is 19.5 Å². The molecule has 0 saturated heterocycles. The van der Waals surface area contributed by atoms with Crippen LogP contribution in [0, 0.1) is 0 Å². The minimum absolute atomic E-state index is 0.415. The maximum absolute atomic E-state index is 11.0. The fourth-order valence-corrected chi connectivity index (χ4v) is 2.99. The smallest absolute Gasteiger partial charge is 0.208 e. The molecule has 0 spiro atoms. The van der Waals surface area contributed by atoms with Crippen molar-refractivity contribution >= 4 is 21.7 Å². The second-order valence-electron chi connectivity index (χ2n) is 5.29. The molecule has 1 aromatic rings. The van der Waals surface area contributed by atoms with Gasteiger partial charge in [-0.1, -0.05) is 18.2 Å². The summed E-state index contributed by atoms with van der Waals surface area (Å²) in [4.78, 5) is 6.81. The van der Waals surface area contributed by atoms with Gasteiger partial charge >= 0.3 is 0 Å². The van der Waals surface area contributed by atoms with Crippen molar-refractivity contribution < 1.29 is 8.42 Å². The summed E-state index contributed by atoms with van der Waals surface area (Å²) >= 11 is 0. The van der Waals surface area contributed by atoms with Crippen molar-refractivity contribution in [2.45, 2.75) is 19.8 Å². The molecule has 0 saturated carbocycles. The van der Waals surface area contributed by atoms with E-state index in [9.17, 15) is 8.42 Å². The van der Waals surface area contributed by atoms with Gasteiger partial charge in [-0.15, -0.1) is 0 Å². The predicted molar refractivity (Wildman–Crippen MR) is 90.9 cm³/mol. The van der Waals surface area contributed by atoms with Crippen LogP contribution in [0.3, 0.4) is 0 Å². The summed E-state index contributed by atoms with van der Waals surface area (Å²) in [6.45, 7) is 4.77. The van der Waals surface area contributed by atoms with Gasteiger partial charge in [0.05, 0.1) is 6.26 Å². The van der Waals surface area contributed by atoms with Crippen LogP contribution in [-0.2, 0) is 16.4 Å². The standard InChI is InChI=1S/C15H24N4O2S/c1-3-16-15(17-10-6-11-18-22(2,20)21)19-12-9-13-7-4-5-8-14(13)19/h4-5,7-8,18H,3,6,9-12H2,1-2H3,(H,16,17). The van der Waals surface area contributed by atoms with Gasteiger partial charge in [-0.3, -0.25) is 4.99 Å².